The molecule has 2 amide bonds. The van der Waals surface area contributed by atoms with Crippen LogP contribution in [0.3, 0.4) is 0 Å². The largest absolute Gasteiger partial charge is 0.477 e. The van der Waals surface area contributed by atoms with Gasteiger partial charge in [-0.15, -0.1) is 0 Å². The van der Waals surface area contributed by atoms with Crippen molar-refractivity contribution in [2.24, 2.45) is 5.92 Å². The summed E-state index contributed by atoms with van der Waals surface area (Å²) in [6.07, 6.45) is 5.47. The van der Waals surface area contributed by atoms with Gasteiger partial charge in [-0.25, -0.2) is 4.79 Å². The van der Waals surface area contributed by atoms with Crippen LogP contribution in [0.4, 0.5) is 10.6 Å². The summed E-state index contributed by atoms with van der Waals surface area (Å²) in [5.74, 6) is 1.50. The molecule has 1 aliphatic carbocycles. The lowest BCUT2D eigenvalue weighted by molar-refractivity contribution is 0.220. The van der Waals surface area contributed by atoms with E-state index in [4.69, 9.17) is 4.74 Å². The molecule has 0 atom stereocenters. The zero-order valence-corrected chi connectivity index (χ0v) is 10.7. The molecule has 0 aliphatic heterocycles. The van der Waals surface area contributed by atoms with Crippen molar-refractivity contribution < 1.29 is 9.53 Å². The number of nitrogens with zero attached hydrogens (tertiary/aromatic N) is 3. The normalized spacial score (nSPS) is 14.1. The molecule has 0 bridgehead atoms. The minimum atomic E-state index is -0.162. The van der Waals surface area contributed by atoms with Gasteiger partial charge < -0.3 is 9.64 Å². The number of amides is 2. The van der Waals surface area contributed by atoms with Crippen LogP contribution >= 0.6 is 0 Å². The van der Waals surface area contributed by atoms with Crippen molar-refractivity contribution in [3.63, 3.8) is 0 Å². The van der Waals surface area contributed by atoms with Gasteiger partial charge in [-0.1, -0.05) is 0 Å². The number of urea groups is 1. The molecule has 1 aliphatic rings. The quantitative estimate of drug-likeness (QED) is 0.864. The molecule has 1 aromatic rings. The van der Waals surface area contributed by atoms with E-state index in [1.807, 2.05) is 6.92 Å². The van der Waals surface area contributed by atoms with Crippen molar-refractivity contribution in [1.82, 2.24) is 14.9 Å². The first-order valence-electron chi connectivity index (χ1n) is 6.16. The lowest BCUT2D eigenvalue weighted by Crippen LogP contribution is -2.33. The predicted octanol–water partition coefficient (Wildman–Crippen LogP) is 1.75. The summed E-state index contributed by atoms with van der Waals surface area (Å²) in [4.78, 5) is 21.6. The first-order valence-corrected chi connectivity index (χ1v) is 6.16. The van der Waals surface area contributed by atoms with Crippen molar-refractivity contribution >= 4 is 11.8 Å². The summed E-state index contributed by atoms with van der Waals surface area (Å²) >= 11 is 0. The van der Waals surface area contributed by atoms with Crippen molar-refractivity contribution in [3.05, 3.63) is 12.4 Å². The van der Waals surface area contributed by atoms with E-state index in [1.165, 1.54) is 25.2 Å². The SMILES string of the molecule is CCOc1cncc(NC(=O)N(C)CC2CC2)n1. The van der Waals surface area contributed by atoms with Crippen LogP contribution in [-0.2, 0) is 0 Å². The zero-order chi connectivity index (χ0) is 13.0. The van der Waals surface area contributed by atoms with Crippen LogP contribution in [0, 0.1) is 5.92 Å². The summed E-state index contributed by atoms with van der Waals surface area (Å²) < 4.78 is 5.22. The van der Waals surface area contributed by atoms with Crippen molar-refractivity contribution in [2.45, 2.75) is 19.8 Å². The third kappa shape index (κ3) is 3.58. The summed E-state index contributed by atoms with van der Waals surface area (Å²) in [7, 11) is 1.79. The Balaban J connectivity index is 1.90. The standard InChI is InChI=1S/C12H18N4O2/c1-3-18-11-7-13-6-10(14-11)15-12(17)16(2)8-9-4-5-9/h6-7,9H,3-5,8H2,1-2H3,(H,14,15,17). The molecule has 1 N–H and O–H groups in total. The number of anilines is 1. The minimum Gasteiger partial charge on any atom is -0.477 e. The third-order valence-corrected chi connectivity index (χ3v) is 2.72. The minimum absolute atomic E-state index is 0.162. The maximum absolute atomic E-state index is 11.9. The van der Waals surface area contributed by atoms with Crippen LogP contribution in [0.15, 0.2) is 12.4 Å². The van der Waals surface area contributed by atoms with E-state index in [2.05, 4.69) is 15.3 Å². The van der Waals surface area contributed by atoms with Crippen LogP contribution in [0.25, 0.3) is 0 Å². The maximum Gasteiger partial charge on any atom is 0.322 e. The van der Waals surface area contributed by atoms with Crippen molar-refractivity contribution in [1.29, 1.82) is 0 Å². The van der Waals surface area contributed by atoms with Gasteiger partial charge in [0.15, 0.2) is 5.82 Å². The molecule has 1 fully saturated rings. The van der Waals surface area contributed by atoms with E-state index in [-0.39, 0.29) is 6.03 Å². The van der Waals surface area contributed by atoms with Crippen LogP contribution < -0.4 is 10.1 Å². The molecule has 0 spiro atoms. The van der Waals surface area contributed by atoms with Gasteiger partial charge in [0.2, 0.25) is 5.88 Å². The van der Waals surface area contributed by atoms with Gasteiger partial charge in [0.1, 0.15) is 0 Å². The molecule has 1 saturated carbocycles. The molecule has 2 rings (SSSR count). The number of ether oxygens (including phenoxy) is 1. The Bertz CT molecular complexity index is 420. The highest BCUT2D eigenvalue weighted by molar-refractivity contribution is 5.87. The Morgan fingerprint density at radius 1 is 1.56 bits per heavy atom. The van der Waals surface area contributed by atoms with Gasteiger partial charge in [-0.3, -0.25) is 10.3 Å². The van der Waals surface area contributed by atoms with Gasteiger partial charge in [0.05, 0.1) is 19.0 Å². The number of nitrogens with one attached hydrogen (secondary N) is 1. The molecule has 1 heterocycles. The predicted molar refractivity (Wildman–Crippen MR) is 67.6 cm³/mol. The van der Waals surface area contributed by atoms with Gasteiger partial charge >= 0.3 is 6.03 Å². The number of carbonyl (C=O) groups is 1. The fraction of sp³-hybridized carbons (Fsp3) is 0.583. The lowest BCUT2D eigenvalue weighted by atomic mass is 10.4. The second kappa shape index (κ2) is 5.66. The van der Waals surface area contributed by atoms with E-state index < -0.39 is 0 Å². The van der Waals surface area contributed by atoms with E-state index in [0.717, 1.165) is 6.54 Å². The highest BCUT2D eigenvalue weighted by atomic mass is 16.5. The van der Waals surface area contributed by atoms with Crippen molar-refractivity contribution in [2.75, 3.05) is 25.5 Å². The van der Waals surface area contributed by atoms with Crippen molar-refractivity contribution in [3.8, 4) is 5.88 Å². The molecule has 0 radical (unpaired) electrons. The Labute approximate surface area is 106 Å². The molecule has 18 heavy (non-hydrogen) atoms. The Kier molecular flexibility index (Phi) is 3.96. The number of aromatic nitrogens is 2. The summed E-state index contributed by atoms with van der Waals surface area (Å²) in [6.45, 7) is 3.19. The molecular weight excluding hydrogens is 232 g/mol. The second-order valence-electron chi connectivity index (χ2n) is 4.43. The average molecular weight is 250 g/mol. The van der Waals surface area contributed by atoms with Gasteiger partial charge in [0, 0.05) is 13.6 Å². The molecule has 6 heteroatoms. The molecule has 0 unspecified atom stereocenters. The number of hydrogen-bond acceptors (Lipinski definition) is 4. The van der Waals surface area contributed by atoms with E-state index in [9.17, 15) is 4.79 Å². The third-order valence-electron chi connectivity index (χ3n) is 2.72. The number of rotatable bonds is 5. The molecule has 1 aromatic heterocycles. The Morgan fingerprint density at radius 3 is 3.00 bits per heavy atom. The van der Waals surface area contributed by atoms with Gasteiger partial charge in [-0.2, -0.15) is 4.98 Å². The van der Waals surface area contributed by atoms with E-state index in [1.54, 1.807) is 11.9 Å². The summed E-state index contributed by atoms with van der Waals surface area (Å²) in [5, 5.41) is 2.71. The number of hydrogen-bond donors (Lipinski definition) is 1. The first kappa shape index (κ1) is 12.6. The fourth-order valence-corrected chi connectivity index (χ4v) is 1.60. The van der Waals surface area contributed by atoms with Gasteiger partial charge in [-0.05, 0) is 25.7 Å². The molecule has 98 valence electrons. The van der Waals surface area contributed by atoms with E-state index in [0.29, 0.717) is 24.2 Å². The van der Waals surface area contributed by atoms with Crippen LogP contribution in [0.1, 0.15) is 19.8 Å². The Morgan fingerprint density at radius 2 is 2.33 bits per heavy atom. The molecule has 0 saturated heterocycles. The van der Waals surface area contributed by atoms with E-state index >= 15 is 0 Å². The van der Waals surface area contributed by atoms with Gasteiger partial charge in [0.25, 0.3) is 0 Å². The topological polar surface area (TPSA) is 67.3 Å². The maximum atomic E-state index is 11.9. The number of carbonyl (C=O) groups excluding carboxylic acids is 1. The highest BCUT2D eigenvalue weighted by Gasteiger charge is 2.24. The fourth-order valence-electron chi connectivity index (χ4n) is 1.60. The first-order chi connectivity index (χ1) is 8.69. The molecule has 0 aromatic carbocycles. The van der Waals surface area contributed by atoms with Crippen LogP contribution in [0.5, 0.6) is 5.88 Å². The molecular formula is C12H18N4O2. The molecule has 6 nitrogen and oxygen atoms in total. The summed E-state index contributed by atoms with van der Waals surface area (Å²) in [5.41, 5.74) is 0. The summed E-state index contributed by atoms with van der Waals surface area (Å²) in [6, 6.07) is -0.162. The lowest BCUT2D eigenvalue weighted by Gasteiger charge is -2.17. The Hall–Kier alpha value is -1.85. The average Bonchev–Trinajstić information content (AvgIpc) is 3.14. The second-order valence-corrected chi connectivity index (χ2v) is 4.43. The van der Waals surface area contributed by atoms with Crippen LogP contribution in [-0.4, -0.2) is 41.1 Å². The zero-order valence-electron chi connectivity index (χ0n) is 10.7. The highest BCUT2D eigenvalue weighted by Crippen LogP contribution is 2.29. The smallest absolute Gasteiger partial charge is 0.322 e. The monoisotopic (exact) mass is 250 g/mol. The van der Waals surface area contributed by atoms with Crippen LogP contribution in [0.2, 0.25) is 0 Å².